The van der Waals surface area contributed by atoms with Gasteiger partial charge in [-0.3, -0.25) is 0 Å². The highest BCUT2D eigenvalue weighted by atomic mass is 32.2. The maximum Gasteiger partial charge on any atom is 0.341 e. The van der Waals surface area contributed by atoms with Crippen molar-refractivity contribution in [2.24, 2.45) is 0 Å². The number of sulfonamides is 1. The molecule has 0 fully saturated rings. The highest BCUT2D eigenvalue weighted by molar-refractivity contribution is 7.89. The molecular weight excluding hydrogens is 368 g/mol. The Morgan fingerprint density at radius 1 is 1.04 bits per heavy atom. The van der Waals surface area contributed by atoms with E-state index in [9.17, 15) is 22.0 Å². The molecular formula is C17H17F2NO5S. The standard InChI is InChI=1S/C17H17F2NO5S/c1-20(2)26(22,23)12-7-8-14(18)13(11-12)17(21)25-10-9-24-16-6-4-3-5-15(16)19/h3-8,11H,9-10H2,1-2H3. The first-order valence-electron chi connectivity index (χ1n) is 7.50. The van der Waals surface area contributed by atoms with Crippen molar-refractivity contribution in [2.45, 2.75) is 4.90 Å². The van der Waals surface area contributed by atoms with E-state index in [1.807, 2.05) is 0 Å². The summed E-state index contributed by atoms with van der Waals surface area (Å²) in [6.45, 7) is -0.415. The van der Waals surface area contributed by atoms with Crippen molar-refractivity contribution >= 4 is 16.0 Å². The number of hydrogen-bond acceptors (Lipinski definition) is 5. The van der Waals surface area contributed by atoms with Gasteiger partial charge in [0.25, 0.3) is 0 Å². The number of carbonyl (C=O) groups excluding carboxylic acids is 1. The lowest BCUT2D eigenvalue weighted by molar-refractivity contribution is 0.0443. The van der Waals surface area contributed by atoms with Crippen LogP contribution in [0.1, 0.15) is 10.4 Å². The van der Waals surface area contributed by atoms with Gasteiger partial charge in [-0.25, -0.2) is 26.3 Å². The van der Waals surface area contributed by atoms with Crippen LogP contribution >= 0.6 is 0 Å². The molecule has 26 heavy (non-hydrogen) atoms. The SMILES string of the molecule is CN(C)S(=O)(=O)c1ccc(F)c(C(=O)OCCOc2ccccc2F)c1. The summed E-state index contributed by atoms with van der Waals surface area (Å²) in [6.07, 6.45) is 0. The van der Waals surface area contributed by atoms with E-state index in [0.29, 0.717) is 0 Å². The normalized spacial score (nSPS) is 11.4. The molecule has 0 unspecified atom stereocenters. The minimum atomic E-state index is -3.82. The molecule has 9 heteroatoms. The van der Waals surface area contributed by atoms with E-state index in [1.165, 1.54) is 32.3 Å². The first-order valence-corrected chi connectivity index (χ1v) is 8.94. The summed E-state index contributed by atoms with van der Waals surface area (Å²) in [5, 5.41) is 0. The average molecular weight is 385 g/mol. The lowest BCUT2D eigenvalue weighted by Crippen LogP contribution is -2.23. The lowest BCUT2D eigenvalue weighted by atomic mass is 10.2. The number of benzene rings is 2. The molecule has 0 saturated carbocycles. The fraction of sp³-hybridized carbons (Fsp3) is 0.235. The first kappa shape index (κ1) is 19.8. The number of esters is 1. The number of carbonyl (C=O) groups is 1. The molecule has 2 rings (SSSR count). The quantitative estimate of drug-likeness (QED) is 0.541. The largest absolute Gasteiger partial charge is 0.487 e. The highest BCUT2D eigenvalue weighted by Gasteiger charge is 2.22. The van der Waals surface area contributed by atoms with Crippen molar-refractivity contribution < 1.29 is 31.5 Å². The monoisotopic (exact) mass is 385 g/mol. The zero-order chi connectivity index (χ0) is 19.3. The van der Waals surface area contributed by atoms with Crippen LogP contribution in [0.3, 0.4) is 0 Å². The van der Waals surface area contributed by atoms with Crippen LogP contribution in [0.4, 0.5) is 8.78 Å². The van der Waals surface area contributed by atoms with Crippen LogP contribution in [-0.4, -0.2) is 46.0 Å². The molecule has 0 radical (unpaired) electrons. The van der Waals surface area contributed by atoms with Crippen molar-refractivity contribution in [1.29, 1.82) is 0 Å². The van der Waals surface area contributed by atoms with Gasteiger partial charge in [-0.05, 0) is 30.3 Å². The second-order valence-corrected chi connectivity index (χ2v) is 7.50. The Morgan fingerprint density at radius 3 is 2.38 bits per heavy atom. The van der Waals surface area contributed by atoms with Crippen molar-refractivity contribution in [2.75, 3.05) is 27.3 Å². The summed E-state index contributed by atoms with van der Waals surface area (Å²) in [4.78, 5) is 11.8. The Balaban J connectivity index is 2.02. The van der Waals surface area contributed by atoms with Gasteiger partial charge in [0.1, 0.15) is 19.0 Å². The van der Waals surface area contributed by atoms with Gasteiger partial charge in [0.2, 0.25) is 10.0 Å². The van der Waals surface area contributed by atoms with Gasteiger partial charge in [0.05, 0.1) is 10.5 Å². The molecule has 0 aromatic heterocycles. The van der Waals surface area contributed by atoms with Gasteiger partial charge < -0.3 is 9.47 Å². The Labute approximate surface area is 150 Å². The maximum atomic E-state index is 13.8. The fourth-order valence-electron chi connectivity index (χ4n) is 1.96. The van der Waals surface area contributed by atoms with Gasteiger partial charge in [-0.15, -0.1) is 0 Å². The Bertz CT molecular complexity index is 900. The van der Waals surface area contributed by atoms with Crippen LogP contribution in [0.2, 0.25) is 0 Å². The molecule has 6 nitrogen and oxygen atoms in total. The second kappa shape index (κ2) is 8.24. The molecule has 0 aliphatic heterocycles. The third kappa shape index (κ3) is 4.55. The van der Waals surface area contributed by atoms with E-state index in [2.05, 4.69) is 0 Å². The summed E-state index contributed by atoms with van der Waals surface area (Å²) in [6, 6.07) is 8.55. The van der Waals surface area contributed by atoms with E-state index < -0.39 is 33.2 Å². The van der Waals surface area contributed by atoms with E-state index >= 15 is 0 Å². The topological polar surface area (TPSA) is 72.9 Å². The molecule has 2 aromatic carbocycles. The van der Waals surface area contributed by atoms with Crippen LogP contribution < -0.4 is 4.74 Å². The van der Waals surface area contributed by atoms with Crippen LogP contribution in [-0.2, 0) is 14.8 Å². The number of ether oxygens (including phenoxy) is 2. The van der Waals surface area contributed by atoms with Gasteiger partial charge in [0, 0.05) is 14.1 Å². The van der Waals surface area contributed by atoms with Crippen molar-refractivity contribution in [1.82, 2.24) is 4.31 Å². The molecule has 0 aliphatic carbocycles. The molecule has 0 amide bonds. The highest BCUT2D eigenvalue weighted by Crippen LogP contribution is 2.19. The minimum Gasteiger partial charge on any atom is -0.487 e. The van der Waals surface area contributed by atoms with Crippen molar-refractivity contribution in [3.8, 4) is 5.75 Å². The van der Waals surface area contributed by atoms with Crippen LogP contribution in [0.25, 0.3) is 0 Å². The fourth-order valence-corrected chi connectivity index (χ4v) is 2.89. The lowest BCUT2D eigenvalue weighted by Gasteiger charge is -2.13. The average Bonchev–Trinajstić information content (AvgIpc) is 2.60. The number of rotatable bonds is 7. The zero-order valence-corrected chi connectivity index (χ0v) is 14.9. The number of hydrogen-bond donors (Lipinski definition) is 0. The van der Waals surface area contributed by atoms with Crippen LogP contribution in [0.5, 0.6) is 5.75 Å². The Hall–Kier alpha value is -2.52. The number of para-hydroxylation sites is 1. The summed E-state index contributed by atoms with van der Waals surface area (Å²) in [5.41, 5.74) is -0.515. The minimum absolute atomic E-state index is 0.00574. The van der Waals surface area contributed by atoms with Crippen LogP contribution in [0.15, 0.2) is 47.4 Å². The van der Waals surface area contributed by atoms with Crippen molar-refractivity contribution in [3.05, 3.63) is 59.7 Å². The van der Waals surface area contributed by atoms with Gasteiger partial charge >= 0.3 is 5.97 Å². The predicted octanol–water partition coefficient (Wildman–Crippen LogP) is 2.45. The molecule has 0 atom stereocenters. The van der Waals surface area contributed by atoms with Crippen molar-refractivity contribution in [3.63, 3.8) is 0 Å². The molecule has 0 heterocycles. The summed E-state index contributed by atoms with van der Waals surface area (Å²) >= 11 is 0. The van der Waals surface area contributed by atoms with Gasteiger partial charge in [-0.1, -0.05) is 12.1 Å². The Kier molecular flexibility index (Phi) is 6.27. The molecule has 0 aliphatic rings. The molecule has 140 valence electrons. The smallest absolute Gasteiger partial charge is 0.341 e. The molecule has 0 bridgehead atoms. The molecule has 0 saturated heterocycles. The summed E-state index contributed by atoms with van der Waals surface area (Å²) < 4.78 is 62.3. The van der Waals surface area contributed by atoms with Gasteiger partial charge in [0.15, 0.2) is 11.6 Å². The molecule has 2 aromatic rings. The van der Waals surface area contributed by atoms with E-state index in [1.54, 1.807) is 6.07 Å². The Morgan fingerprint density at radius 2 is 1.73 bits per heavy atom. The van der Waals surface area contributed by atoms with Crippen LogP contribution in [0, 0.1) is 11.6 Å². The third-order valence-electron chi connectivity index (χ3n) is 3.35. The van der Waals surface area contributed by atoms with E-state index in [-0.39, 0.29) is 23.9 Å². The zero-order valence-electron chi connectivity index (χ0n) is 14.1. The molecule has 0 spiro atoms. The summed E-state index contributed by atoms with van der Waals surface area (Å²) in [5.74, 6) is -2.53. The number of halogens is 2. The van der Waals surface area contributed by atoms with E-state index in [4.69, 9.17) is 9.47 Å². The second-order valence-electron chi connectivity index (χ2n) is 5.34. The maximum absolute atomic E-state index is 13.8. The van der Waals surface area contributed by atoms with E-state index in [0.717, 1.165) is 22.5 Å². The molecule has 0 N–H and O–H groups in total. The first-order chi connectivity index (χ1) is 12.2. The van der Waals surface area contributed by atoms with Gasteiger partial charge in [-0.2, -0.15) is 0 Å². The number of nitrogens with zero attached hydrogens (tertiary/aromatic N) is 1. The summed E-state index contributed by atoms with van der Waals surface area (Å²) in [7, 11) is -1.19. The predicted molar refractivity (Wildman–Crippen MR) is 89.5 cm³/mol. The third-order valence-corrected chi connectivity index (χ3v) is 5.16.